The number of fused-ring (bicyclic) bond motifs is 2. The van der Waals surface area contributed by atoms with Crippen molar-refractivity contribution in [2.24, 2.45) is 11.7 Å². The fraction of sp³-hybridized carbons (Fsp3) is 0.455. The van der Waals surface area contributed by atoms with Crippen LogP contribution in [0.1, 0.15) is 126 Å². The number of thiophene rings is 2. The van der Waals surface area contributed by atoms with Gasteiger partial charge in [-0.3, -0.25) is 23.5 Å². The van der Waals surface area contributed by atoms with Gasteiger partial charge in [0.15, 0.2) is 5.78 Å². The van der Waals surface area contributed by atoms with Gasteiger partial charge in [-0.25, -0.2) is 32.3 Å². The summed E-state index contributed by atoms with van der Waals surface area (Å²) in [5.41, 5.74) is -0.171. The van der Waals surface area contributed by atoms with Crippen molar-refractivity contribution in [1.29, 1.82) is 0 Å². The third-order valence-electron chi connectivity index (χ3n) is 12.3. The highest BCUT2D eigenvalue weighted by molar-refractivity contribution is 7.21. The molecular formula is C55H77F2N11O11S2. The van der Waals surface area contributed by atoms with Crippen LogP contribution in [0.15, 0.2) is 80.4 Å². The molecule has 6 aromatic heterocycles. The van der Waals surface area contributed by atoms with Gasteiger partial charge in [-0.15, -0.1) is 9.59 Å². The maximum atomic E-state index is 14.1. The summed E-state index contributed by atoms with van der Waals surface area (Å²) in [6, 6.07) is 7.66. The summed E-state index contributed by atoms with van der Waals surface area (Å²) in [6.45, 7) is 15.8. The maximum absolute atomic E-state index is 14.1. The third kappa shape index (κ3) is 14.0. The predicted molar refractivity (Wildman–Crippen MR) is 313 cm³/mol. The van der Waals surface area contributed by atoms with E-state index in [-0.39, 0.29) is 97.4 Å². The number of carboxylic acids is 1. The zero-order chi connectivity index (χ0) is 57.2. The molecule has 2 aromatic carbocycles. The quantitative estimate of drug-likeness (QED) is 0.0711. The number of ketones is 1. The zero-order valence-corrected chi connectivity index (χ0v) is 46.1. The lowest BCUT2D eigenvalue weighted by Gasteiger charge is -2.27. The van der Waals surface area contributed by atoms with Crippen molar-refractivity contribution in [3.05, 3.63) is 137 Å². The van der Waals surface area contributed by atoms with Gasteiger partial charge in [0.05, 0.1) is 62.9 Å². The number of rotatable bonds is 16. The lowest BCUT2D eigenvalue weighted by molar-refractivity contribution is -0.146. The normalized spacial score (nSPS) is 12.0. The van der Waals surface area contributed by atoms with Crippen LogP contribution in [0.2, 0.25) is 0 Å². The molecule has 2 atom stereocenters. The van der Waals surface area contributed by atoms with E-state index >= 15 is 0 Å². The van der Waals surface area contributed by atoms with Gasteiger partial charge in [0, 0.05) is 28.7 Å². The summed E-state index contributed by atoms with van der Waals surface area (Å²) in [6.07, 6.45) is 3.26. The van der Waals surface area contributed by atoms with Crippen LogP contribution in [0, 0.1) is 31.4 Å². The number of aliphatic hydroxyl groups excluding tert-OH is 2. The lowest BCUT2D eigenvalue weighted by Crippen LogP contribution is -2.53. The van der Waals surface area contributed by atoms with Gasteiger partial charge in [-0.05, 0) is 89.9 Å². The first-order chi connectivity index (χ1) is 36.1. The van der Waals surface area contributed by atoms with E-state index in [2.05, 4.69) is 20.4 Å². The molecule has 6 heterocycles. The van der Waals surface area contributed by atoms with E-state index in [1.165, 1.54) is 91.3 Å². The number of hydrogen-bond donors (Lipinski definition) is 4. The number of Topliss-reactive ketones (excluding diaryl/α,β-unsaturated/α-hetero) is 1. The molecule has 0 aliphatic rings. The van der Waals surface area contributed by atoms with Gasteiger partial charge in [-0.1, -0.05) is 80.1 Å². The summed E-state index contributed by atoms with van der Waals surface area (Å²) in [5.74, 6) is -2.40. The molecule has 0 saturated carbocycles. The van der Waals surface area contributed by atoms with Crippen LogP contribution >= 0.6 is 22.7 Å². The summed E-state index contributed by atoms with van der Waals surface area (Å²) in [5, 5.41) is 49.6. The highest BCUT2D eigenvalue weighted by atomic mass is 32.1. The molecule has 0 amide bonds. The van der Waals surface area contributed by atoms with Gasteiger partial charge in [-0.2, -0.15) is 20.4 Å². The van der Waals surface area contributed by atoms with E-state index in [0.29, 0.717) is 31.7 Å². The van der Waals surface area contributed by atoms with Crippen LogP contribution in [0.5, 0.6) is 11.5 Å². The number of aliphatic hydroxyl groups is 2. The third-order valence-corrected chi connectivity index (χ3v) is 14.9. The minimum absolute atomic E-state index is 0. The van der Waals surface area contributed by atoms with Crippen molar-refractivity contribution < 1.29 is 43.2 Å². The Bertz CT molecular complexity index is 3700. The number of aliphatic carboxylic acids is 1. The molecule has 444 valence electrons. The van der Waals surface area contributed by atoms with Crippen molar-refractivity contribution >= 4 is 54.9 Å². The summed E-state index contributed by atoms with van der Waals surface area (Å²) >= 11 is 2.15. The molecular weight excluding hydrogens is 1090 g/mol. The Morgan fingerprint density at radius 3 is 1.28 bits per heavy atom. The zero-order valence-electron chi connectivity index (χ0n) is 44.4. The second-order valence-corrected chi connectivity index (χ2v) is 21.6. The molecule has 0 unspecified atom stereocenters. The number of carbonyl (C=O) groups is 2. The largest absolute Gasteiger partial charge is 0.496 e. The number of aryl methyl sites for hydroxylation is 2. The van der Waals surface area contributed by atoms with Crippen molar-refractivity contribution in [3.8, 4) is 21.5 Å². The SMILES string of the molecule is C.C.C.C.CC(C)N.COc1ccc(F)cc1[C@@H](O)Cn1c(=O)n(C(C)(C)C(=O)CC(C)C)c(=O)c2c(C)c(-n3nccn3)sc21.COc1ccc(F)cc1[C@@H](O)Cn1c(=O)n(C(C)(C)C(=O)O)c(=O)c2c(C)c(-n3nccn3)sc21. The average molecular weight is 1170 g/mol. The van der Waals surface area contributed by atoms with E-state index < -0.39 is 69.9 Å². The molecule has 8 rings (SSSR count). The maximum Gasteiger partial charge on any atom is 0.333 e. The highest BCUT2D eigenvalue weighted by Crippen LogP contribution is 2.35. The molecule has 0 aliphatic heterocycles. The van der Waals surface area contributed by atoms with E-state index in [9.17, 15) is 52.9 Å². The first kappa shape index (κ1) is 69.6. The summed E-state index contributed by atoms with van der Waals surface area (Å²) in [4.78, 5) is 83.2. The Kier molecular flexibility index (Phi) is 23.9. The molecule has 26 heteroatoms. The number of nitrogens with zero attached hydrogens (tertiary/aromatic N) is 10. The van der Waals surface area contributed by atoms with Crippen LogP contribution in [0.4, 0.5) is 8.78 Å². The summed E-state index contributed by atoms with van der Waals surface area (Å²) in [7, 11) is 2.75. The molecule has 0 bridgehead atoms. The fourth-order valence-corrected chi connectivity index (χ4v) is 10.8. The van der Waals surface area contributed by atoms with E-state index in [1.54, 1.807) is 27.7 Å². The van der Waals surface area contributed by atoms with Gasteiger partial charge < -0.3 is 30.5 Å². The molecule has 8 aromatic rings. The van der Waals surface area contributed by atoms with Gasteiger partial charge in [0.25, 0.3) is 11.1 Å². The van der Waals surface area contributed by atoms with Crippen molar-refractivity contribution in [3.63, 3.8) is 0 Å². The number of ether oxygens (including phenoxy) is 2. The average Bonchev–Trinajstić information content (AvgIpc) is 3.65. The Morgan fingerprint density at radius 2 is 0.975 bits per heavy atom. The van der Waals surface area contributed by atoms with Crippen molar-refractivity contribution in [2.45, 2.75) is 148 Å². The highest BCUT2D eigenvalue weighted by Gasteiger charge is 2.38. The Hall–Kier alpha value is -7.52. The number of nitrogens with two attached hydrogens (primary N) is 1. The summed E-state index contributed by atoms with van der Waals surface area (Å²) < 4.78 is 42.5. The van der Waals surface area contributed by atoms with Crippen LogP contribution in [-0.4, -0.2) is 95.6 Å². The minimum Gasteiger partial charge on any atom is -0.496 e. The molecule has 0 spiro atoms. The first-order valence-corrected chi connectivity index (χ1v) is 25.6. The van der Waals surface area contributed by atoms with Crippen molar-refractivity contribution in [2.75, 3.05) is 14.2 Å². The fourth-order valence-electron chi connectivity index (χ4n) is 8.31. The number of methoxy groups -OCH3 is 2. The number of carbonyl (C=O) groups excluding carboxylic acids is 1. The number of benzene rings is 2. The molecule has 5 N–H and O–H groups in total. The second-order valence-electron chi connectivity index (χ2n) is 19.6. The Labute approximate surface area is 476 Å². The molecule has 0 saturated heterocycles. The Balaban J connectivity index is 0.000000497. The van der Waals surface area contributed by atoms with Gasteiger partial charge >= 0.3 is 17.3 Å². The second kappa shape index (κ2) is 27.8. The first-order valence-electron chi connectivity index (χ1n) is 24.0. The number of halogens is 2. The van der Waals surface area contributed by atoms with Crippen molar-refractivity contribution in [1.82, 2.24) is 48.3 Å². The Morgan fingerprint density at radius 1 is 0.642 bits per heavy atom. The van der Waals surface area contributed by atoms with Gasteiger partial charge in [0.2, 0.25) is 0 Å². The molecule has 0 aliphatic carbocycles. The monoisotopic (exact) mass is 1170 g/mol. The van der Waals surface area contributed by atoms with Crippen LogP contribution in [0.25, 0.3) is 30.4 Å². The van der Waals surface area contributed by atoms with Crippen LogP contribution in [-0.2, 0) is 33.8 Å². The predicted octanol–water partition coefficient (Wildman–Crippen LogP) is 8.06. The number of hydrogen-bond acceptors (Lipinski definition) is 17. The molecule has 0 radical (unpaired) electrons. The standard InChI is InChI=1S/C26H30FN5O5S.C22H22FN5O6S.C3H9N.4CH4/c1-14(2)11-20(34)26(4,5)31-22(35)21-15(3)23(32-28-9-10-29-32)38-24(21)30(25(31)36)13-18(33)17-12-16(27)7-8-19(17)37-6;1-11-16-17(30)27(22(2,3)20(31)32)21(33)26(19(16)35-18(11)28-24-7-8-25-28)10-14(29)13-9-12(23)5-6-15(13)34-4;1-3(2)4;;;;/h7-10,12,14,18,33H,11,13H2,1-6H3;5-9,14,29H,10H2,1-4H3,(H,31,32);3H,4H2,1-2H3;4*1H4/t18-;14-;;;;;/m00...../s1. The lowest BCUT2D eigenvalue weighted by atomic mass is 9.91. The number of carboxylic acid groups (broad SMARTS) is 1. The molecule has 0 fully saturated rings. The van der Waals surface area contributed by atoms with Crippen LogP contribution < -0.4 is 37.7 Å². The van der Waals surface area contributed by atoms with E-state index in [0.717, 1.165) is 43.9 Å². The van der Waals surface area contributed by atoms with Crippen LogP contribution in [0.3, 0.4) is 0 Å². The minimum atomic E-state index is -1.90. The van der Waals surface area contributed by atoms with E-state index in [4.69, 9.17) is 15.2 Å². The van der Waals surface area contributed by atoms with E-state index in [1.807, 2.05) is 27.7 Å². The topological polar surface area (TPSA) is 289 Å². The van der Waals surface area contributed by atoms with Gasteiger partial charge in [0.1, 0.15) is 66.1 Å². The molecule has 22 nitrogen and oxygen atoms in total. The number of aromatic nitrogens is 10. The smallest absolute Gasteiger partial charge is 0.333 e. The molecule has 81 heavy (non-hydrogen) atoms.